The summed E-state index contributed by atoms with van der Waals surface area (Å²) >= 11 is 8.05. The van der Waals surface area contributed by atoms with Gasteiger partial charge < -0.3 is 10.3 Å². The zero-order valence-electron chi connectivity index (χ0n) is 10.8. The monoisotopic (exact) mass is 303 g/mol. The Morgan fingerprint density at radius 3 is 2.85 bits per heavy atom. The molecule has 0 radical (unpaired) electrons. The Morgan fingerprint density at radius 1 is 1.30 bits per heavy atom. The molecule has 1 aliphatic carbocycles. The van der Waals surface area contributed by atoms with Crippen LogP contribution in [0.15, 0.2) is 35.7 Å². The molecule has 0 saturated heterocycles. The number of para-hydroxylation sites is 1. The Kier molecular flexibility index (Phi) is 2.84. The maximum absolute atomic E-state index is 6.43. The van der Waals surface area contributed by atoms with Crippen LogP contribution in [0.3, 0.4) is 0 Å². The van der Waals surface area contributed by atoms with Crippen molar-refractivity contribution in [2.24, 2.45) is 5.73 Å². The van der Waals surface area contributed by atoms with Crippen LogP contribution in [0.2, 0.25) is 5.02 Å². The molecule has 102 valence electrons. The molecule has 2 heterocycles. The number of rotatable bonds is 3. The quantitative estimate of drug-likeness (QED) is 0.790. The molecule has 3 aromatic rings. The number of thiophene rings is 1. The Bertz CT molecular complexity index is 759. The van der Waals surface area contributed by atoms with Crippen molar-refractivity contribution in [1.29, 1.82) is 0 Å². The van der Waals surface area contributed by atoms with Crippen LogP contribution >= 0.6 is 22.9 Å². The molecular formula is C15H14ClN3S. The van der Waals surface area contributed by atoms with E-state index in [-0.39, 0.29) is 6.04 Å². The molecule has 2 N–H and O–H groups in total. The summed E-state index contributed by atoms with van der Waals surface area (Å²) in [5.41, 5.74) is 8.39. The number of halogens is 1. The Hall–Kier alpha value is -1.36. The van der Waals surface area contributed by atoms with E-state index in [1.54, 1.807) is 11.3 Å². The lowest BCUT2D eigenvalue weighted by molar-refractivity contribution is 0.664. The van der Waals surface area contributed by atoms with Crippen LogP contribution in [0, 0.1) is 0 Å². The molecule has 1 fully saturated rings. The van der Waals surface area contributed by atoms with Crippen molar-refractivity contribution >= 4 is 34.0 Å². The first-order valence-electron chi connectivity index (χ1n) is 6.71. The fraction of sp³-hybridized carbons (Fsp3) is 0.267. The predicted molar refractivity (Wildman–Crippen MR) is 83.4 cm³/mol. The van der Waals surface area contributed by atoms with E-state index in [0.29, 0.717) is 6.04 Å². The van der Waals surface area contributed by atoms with Gasteiger partial charge in [-0.15, -0.1) is 11.3 Å². The summed E-state index contributed by atoms with van der Waals surface area (Å²) in [6, 6.07) is 10.3. The Balaban J connectivity index is 1.95. The van der Waals surface area contributed by atoms with Gasteiger partial charge in [-0.1, -0.05) is 23.7 Å². The molecule has 0 amide bonds. The van der Waals surface area contributed by atoms with Crippen molar-refractivity contribution in [2.75, 3.05) is 0 Å². The molecule has 0 aliphatic heterocycles. The second-order valence-electron chi connectivity index (χ2n) is 5.17. The summed E-state index contributed by atoms with van der Waals surface area (Å²) in [4.78, 5) is 5.89. The maximum atomic E-state index is 6.43. The average Bonchev–Trinajstić information content (AvgIpc) is 3.01. The lowest BCUT2D eigenvalue weighted by atomic mass is 10.2. The van der Waals surface area contributed by atoms with Gasteiger partial charge in [-0.25, -0.2) is 4.98 Å². The van der Waals surface area contributed by atoms with Crippen molar-refractivity contribution < 1.29 is 0 Å². The second-order valence-corrected chi connectivity index (χ2v) is 6.56. The van der Waals surface area contributed by atoms with E-state index in [1.807, 2.05) is 29.6 Å². The van der Waals surface area contributed by atoms with Gasteiger partial charge >= 0.3 is 0 Å². The molecule has 1 saturated carbocycles. The van der Waals surface area contributed by atoms with Gasteiger partial charge in [0, 0.05) is 10.9 Å². The summed E-state index contributed by atoms with van der Waals surface area (Å²) in [5.74, 6) is 0.929. The molecule has 4 rings (SSSR count). The summed E-state index contributed by atoms with van der Waals surface area (Å²) < 4.78 is 2.25. The molecular weight excluding hydrogens is 290 g/mol. The molecule has 2 aromatic heterocycles. The smallest absolute Gasteiger partial charge is 0.132 e. The van der Waals surface area contributed by atoms with Crippen molar-refractivity contribution in [2.45, 2.75) is 24.9 Å². The molecule has 1 unspecified atom stereocenters. The van der Waals surface area contributed by atoms with E-state index < -0.39 is 0 Å². The first kappa shape index (κ1) is 12.4. The van der Waals surface area contributed by atoms with Gasteiger partial charge in [0.15, 0.2) is 0 Å². The molecule has 1 aliphatic rings. The number of hydrogen-bond donors (Lipinski definition) is 1. The number of nitrogens with zero attached hydrogens (tertiary/aromatic N) is 2. The third-order valence-electron chi connectivity index (χ3n) is 3.73. The number of hydrogen-bond acceptors (Lipinski definition) is 3. The molecule has 20 heavy (non-hydrogen) atoms. The summed E-state index contributed by atoms with van der Waals surface area (Å²) in [5, 5.41) is 2.80. The van der Waals surface area contributed by atoms with Crippen LogP contribution in [0.5, 0.6) is 0 Å². The van der Waals surface area contributed by atoms with Crippen LogP contribution in [0.4, 0.5) is 0 Å². The fourth-order valence-corrected chi connectivity index (χ4v) is 3.63. The normalized spacial score (nSPS) is 16.7. The van der Waals surface area contributed by atoms with E-state index in [2.05, 4.69) is 10.6 Å². The zero-order valence-corrected chi connectivity index (χ0v) is 12.4. The van der Waals surface area contributed by atoms with E-state index in [9.17, 15) is 0 Å². The average molecular weight is 304 g/mol. The number of fused-ring (bicyclic) bond motifs is 1. The van der Waals surface area contributed by atoms with Crippen LogP contribution in [0.25, 0.3) is 11.0 Å². The minimum atomic E-state index is -0.181. The lowest BCUT2D eigenvalue weighted by Crippen LogP contribution is -2.16. The standard InChI is InChI=1S/C15H14ClN3S/c16-10-3-1-4-11-14(10)19(9-6-7-9)15(18-11)13(17)12-5-2-8-20-12/h1-5,8-9,13H,6-7,17H2. The Labute approximate surface area is 126 Å². The summed E-state index contributed by atoms with van der Waals surface area (Å²) in [6.45, 7) is 0. The summed E-state index contributed by atoms with van der Waals surface area (Å²) in [6.07, 6.45) is 2.36. The number of benzene rings is 1. The minimum absolute atomic E-state index is 0.181. The Morgan fingerprint density at radius 2 is 2.15 bits per heavy atom. The minimum Gasteiger partial charge on any atom is -0.322 e. The first-order valence-corrected chi connectivity index (χ1v) is 7.97. The molecule has 5 heteroatoms. The van der Waals surface area contributed by atoms with Crippen molar-refractivity contribution in [3.05, 3.63) is 51.4 Å². The van der Waals surface area contributed by atoms with E-state index >= 15 is 0 Å². The third kappa shape index (κ3) is 1.87. The second kappa shape index (κ2) is 4.58. The van der Waals surface area contributed by atoms with Gasteiger partial charge in [-0.3, -0.25) is 0 Å². The highest BCUT2D eigenvalue weighted by Gasteiger charge is 2.31. The van der Waals surface area contributed by atoms with Gasteiger partial charge in [0.25, 0.3) is 0 Å². The van der Waals surface area contributed by atoms with E-state index in [4.69, 9.17) is 22.3 Å². The molecule has 1 atom stereocenters. The first-order chi connectivity index (χ1) is 9.75. The number of nitrogens with two attached hydrogens (primary N) is 1. The van der Waals surface area contributed by atoms with E-state index in [1.165, 1.54) is 12.8 Å². The number of aromatic nitrogens is 2. The summed E-state index contributed by atoms with van der Waals surface area (Å²) in [7, 11) is 0. The highest BCUT2D eigenvalue weighted by Crippen LogP contribution is 2.42. The SMILES string of the molecule is NC(c1cccs1)c1nc2cccc(Cl)c2n1C1CC1. The molecule has 1 aromatic carbocycles. The van der Waals surface area contributed by atoms with Crippen molar-refractivity contribution in [1.82, 2.24) is 9.55 Å². The number of imidazole rings is 1. The van der Waals surface area contributed by atoms with Gasteiger partial charge in [-0.2, -0.15) is 0 Å². The molecule has 0 spiro atoms. The molecule has 3 nitrogen and oxygen atoms in total. The van der Waals surface area contributed by atoms with Gasteiger partial charge in [0.05, 0.1) is 22.1 Å². The van der Waals surface area contributed by atoms with E-state index in [0.717, 1.165) is 26.8 Å². The van der Waals surface area contributed by atoms with Crippen LogP contribution in [-0.2, 0) is 0 Å². The van der Waals surface area contributed by atoms with Gasteiger partial charge in [0.2, 0.25) is 0 Å². The zero-order chi connectivity index (χ0) is 13.7. The van der Waals surface area contributed by atoms with Crippen molar-refractivity contribution in [3.63, 3.8) is 0 Å². The van der Waals surface area contributed by atoms with Gasteiger partial charge in [-0.05, 0) is 36.4 Å². The fourth-order valence-electron chi connectivity index (χ4n) is 2.64. The van der Waals surface area contributed by atoms with Crippen LogP contribution < -0.4 is 5.73 Å². The van der Waals surface area contributed by atoms with Gasteiger partial charge in [0.1, 0.15) is 5.82 Å². The van der Waals surface area contributed by atoms with Crippen LogP contribution in [0.1, 0.15) is 35.6 Å². The highest BCUT2D eigenvalue weighted by molar-refractivity contribution is 7.10. The lowest BCUT2D eigenvalue weighted by Gasteiger charge is -2.13. The predicted octanol–water partition coefficient (Wildman–Crippen LogP) is 4.13. The van der Waals surface area contributed by atoms with Crippen LogP contribution in [-0.4, -0.2) is 9.55 Å². The topological polar surface area (TPSA) is 43.8 Å². The maximum Gasteiger partial charge on any atom is 0.132 e. The highest BCUT2D eigenvalue weighted by atomic mass is 35.5. The molecule has 0 bridgehead atoms. The third-order valence-corrected chi connectivity index (χ3v) is 4.99. The van der Waals surface area contributed by atoms with Crippen molar-refractivity contribution in [3.8, 4) is 0 Å². The largest absolute Gasteiger partial charge is 0.322 e.